The Hall–Kier alpha value is -0.0800. The molecule has 108 valence electrons. The minimum atomic E-state index is 0.347. The van der Waals surface area contributed by atoms with Gasteiger partial charge in [0.2, 0.25) is 0 Å². The third kappa shape index (κ3) is 4.89. The zero-order valence-electron chi connectivity index (χ0n) is 13.1. The first-order valence-electron chi connectivity index (χ1n) is 7.84. The van der Waals surface area contributed by atoms with Crippen LogP contribution in [0.4, 0.5) is 0 Å². The Morgan fingerprint density at radius 2 is 1.78 bits per heavy atom. The van der Waals surface area contributed by atoms with Crippen molar-refractivity contribution in [3.63, 3.8) is 0 Å². The molecule has 1 rings (SSSR count). The normalized spacial score (nSPS) is 27.2. The van der Waals surface area contributed by atoms with Gasteiger partial charge in [-0.1, -0.05) is 27.2 Å². The van der Waals surface area contributed by atoms with Crippen molar-refractivity contribution in [2.45, 2.75) is 78.9 Å². The smallest absolute Gasteiger partial charge is 0.0671 e. The number of hydrogen-bond donors (Lipinski definition) is 1. The van der Waals surface area contributed by atoms with Crippen LogP contribution in [0.15, 0.2) is 0 Å². The second-order valence-electron chi connectivity index (χ2n) is 6.56. The van der Waals surface area contributed by atoms with Gasteiger partial charge in [-0.05, 0) is 50.9 Å². The first-order valence-corrected chi connectivity index (χ1v) is 7.84. The minimum Gasteiger partial charge on any atom is -0.377 e. The Bertz CT molecular complexity index is 219. The maximum absolute atomic E-state index is 5.56. The Kier molecular flexibility index (Phi) is 6.65. The van der Waals surface area contributed by atoms with Crippen molar-refractivity contribution in [3.8, 4) is 0 Å². The van der Waals surface area contributed by atoms with Crippen LogP contribution < -0.4 is 5.32 Å². The molecule has 0 radical (unpaired) electrons. The van der Waals surface area contributed by atoms with Gasteiger partial charge in [0.15, 0.2) is 0 Å². The molecule has 0 aromatic carbocycles. The fourth-order valence-electron chi connectivity index (χ4n) is 3.04. The van der Waals surface area contributed by atoms with Crippen LogP contribution in [0.5, 0.6) is 0 Å². The molecule has 0 saturated heterocycles. The molecule has 1 N–H and O–H groups in total. The Labute approximate surface area is 114 Å². The lowest BCUT2D eigenvalue weighted by atomic mass is 9.69. The van der Waals surface area contributed by atoms with Gasteiger partial charge >= 0.3 is 0 Å². The Morgan fingerprint density at radius 3 is 2.28 bits per heavy atom. The molecule has 1 aliphatic carbocycles. The van der Waals surface area contributed by atoms with E-state index in [4.69, 9.17) is 4.74 Å². The van der Waals surface area contributed by atoms with Crippen molar-refractivity contribution in [3.05, 3.63) is 0 Å². The molecule has 2 nitrogen and oxygen atoms in total. The predicted octanol–water partition coefficient (Wildman–Crippen LogP) is 4.00. The summed E-state index contributed by atoms with van der Waals surface area (Å²) >= 11 is 0. The van der Waals surface area contributed by atoms with Crippen LogP contribution in [0.25, 0.3) is 0 Å². The molecule has 0 amide bonds. The fraction of sp³-hybridized carbons (Fsp3) is 1.00. The monoisotopic (exact) mass is 255 g/mol. The summed E-state index contributed by atoms with van der Waals surface area (Å²) in [4.78, 5) is 0. The van der Waals surface area contributed by atoms with Gasteiger partial charge in [-0.2, -0.15) is 0 Å². The van der Waals surface area contributed by atoms with Gasteiger partial charge in [0.25, 0.3) is 0 Å². The van der Waals surface area contributed by atoms with Crippen LogP contribution in [0.1, 0.15) is 66.7 Å². The van der Waals surface area contributed by atoms with Crippen LogP contribution in [0, 0.1) is 11.3 Å². The van der Waals surface area contributed by atoms with Gasteiger partial charge in [-0.25, -0.2) is 0 Å². The van der Waals surface area contributed by atoms with Gasteiger partial charge in [-0.3, -0.25) is 0 Å². The molecule has 0 bridgehead atoms. The number of rotatable bonds is 7. The molecule has 1 unspecified atom stereocenters. The van der Waals surface area contributed by atoms with Crippen molar-refractivity contribution in [1.29, 1.82) is 0 Å². The Morgan fingerprint density at radius 1 is 1.17 bits per heavy atom. The first-order chi connectivity index (χ1) is 8.49. The molecule has 0 aliphatic heterocycles. The maximum Gasteiger partial charge on any atom is 0.0671 e. The van der Waals surface area contributed by atoms with Gasteiger partial charge in [0.05, 0.1) is 6.10 Å². The lowest BCUT2D eigenvalue weighted by Crippen LogP contribution is -2.40. The van der Waals surface area contributed by atoms with E-state index in [1.807, 2.05) is 0 Å². The largest absolute Gasteiger partial charge is 0.377 e. The summed E-state index contributed by atoms with van der Waals surface area (Å²) in [6.07, 6.45) is 7.11. The van der Waals surface area contributed by atoms with E-state index in [0.717, 1.165) is 25.1 Å². The number of ether oxygens (including phenoxy) is 1. The molecule has 0 heterocycles. The van der Waals surface area contributed by atoms with Crippen molar-refractivity contribution in [2.75, 3.05) is 13.2 Å². The second kappa shape index (κ2) is 7.49. The summed E-state index contributed by atoms with van der Waals surface area (Å²) in [5.41, 5.74) is 0.531. The predicted molar refractivity (Wildman–Crippen MR) is 78.9 cm³/mol. The molecule has 1 saturated carbocycles. The molecule has 0 aromatic rings. The van der Waals surface area contributed by atoms with E-state index >= 15 is 0 Å². The number of hydrogen-bond acceptors (Lipinski definition) is 2. The zero-order chi connectivity index (χ0) is 13.6. The molecule has 1 fully saturated rings. The van der Waals surface area contributed by atoms with E-state index in [-0.39, 0.29) is 0 Å². The molecule has 0 spiro atoms. The Balaban J connectivity index is 2.23. The van der Waals surface area contributed by atoms with E-state index < -0.39 is 0 Å². The molecule has 18 heavy (non-hydrogen) atoms. The van der Waals surface area contributed by atoms with Gasteiger partial charge < -0.3 is 10.1 Å². The van der Waals surface area contributed by atoms with E-state index in [9.17, 15) is 0 Å². The van der Waals surface area contributed by atoms with Crippen LogP contribution in [-0.4, -0.2) is 25.3 Å². The third-order valence-corrected chi connectivity index (χ3v) is 4.89. The lowest BCUT2D eigenvalue weighted by Gasteiger charge is -2.39. The summed E-state index contributed by atoms with van der Waals surface area (Å²) in [6, 6.07) is 0.719. The van der Waals surface area contributed by atoms with Crippen LogP contribution in [0.2, 0.25) is 0 Å². The summed E-state index contributed by atoms with van der Waals surface area (Å²) in [5.74, 6) is 0.921. The topological polar surface area (TPSA) is 21.3 Å². The average molecular weight is 255 g/mol. The molecular weight excluding hydrogens is 222 g/mol. The second-order valence-corrected chi connectivity index (χ2v) is 6.56. The fourth-order valence-corrected chi connectivity index (χ4v) is 3.04. The summed E-state index contributed by atoms with van der Waals surface area (Å²) in [7, 11) is 0. The highest BCUT2D eigenvalue weighted by molar-refractivity contribution is 4.85. The lowest BCUT2D eigenvalue weighted by molar-refractivity contribution is 0.0693. The molecule has 0 aromatic heterocycles. The first kappa shape index (κ1) is 16.0. The summed E-state index contributed by atoms with van der Waals surface area (Å²) in [5, 5.41) is 3.67. The zero-order valence-corrected chi connectivity index (χ0v) is 13.1. The third-order valence-electron chi connectivity index (χ3n) is 4.89. The van der Waals surface area contributed by atoms with E-state index in [0.29, 0.717) is 11.5 Å². The number of nitrogens with one attached hydrogen (secondary N) is 1. The van der Waals surface area contributed by atoms with E-state index in [2.05, 4.69) is 39.9 Å². The highest BCUT2D eigenvalue weighted by Crippen LogP contribution is 2.40. The highest BCUT2D eigenvalue weighted by Gasteiger charge is 2.31. The van der Waals surface area contributed by atoms with Crippen LogP contribution in [-0.2, 0) is 4.74 Å². The average Bonchev–Trinajstić information content (AvgIpc) is 2.37. The summed E-state index contributed by atoms with van der Waals surface area (Å²) in [6.45, 7) is 13.2. The van der Waals surface area contributed by atoms with Crippen molar-refractivity contribution in [1.82, 2.24) is 5.32 Å². The molecule has 2 heteroatoms. The SMILES string of the molecule is CCOC(C)CNC1CCC(C(C)(C)CC)CC1. The highest BCUT2D eigenvalue weighted by atomic mass is 16.5. The minimum absolute atomic E-state index is 0.347. The van der Waals surface area contributed by atoms with Gasteiger partial charge in [-0.15, -0.1) is 0 Å². The van der Waals surface area contributed by atoms with E-state index in [1.54, 1.807) is 0 Å². The van der Waals surface area contributed by atoms with Crippen molar-refractivity contribution >= 4 is 0 Å². The van der Waals surface area contributed by atoms with E-state index in [1.165, 1.54) is 32.1 Å². The molecule has 1 atom stereocenters. The van der Waals surface area contributed by atoms with Crippen LogP contribution >= 0.6 is 0 Å². The molecular formula is C16H33NO. The van der Waals surface area contributed by atoms with Gasteiger partial charge in [0, 0.05) is 19.2 Å². The van der Waals surface area contributed by atoms with Crippen molar-refractivity contribution < 1.29 is 4.74 Å². The summed E-state index contributed by atoms with van der Waals surface area (Å²) < 4.78 is 5.56. The standard InChI is InChI=1S/C16H33NO/c1-6-16(4,5)14-8-10-15(11-9-14)17-12-13(3)18-7-2/h13-15,17H,6-12H2,1-5H3. The van der Waals surface area contributed by atoms with Crippen molar-refractivity contribution in [2.24, 2.45) is 11.3 Å². The molecule has 1 aliphatic rings. The van der Waals surface area contributed by atoms with Gasteiger partial charge in [0.1, 0.15) is 0 Å². The quantitative estimate of drug-likeness (QED) is 0.742. The maximum atomic E-state index is 5.56. The van der Waals surface area contributed by atoms with Crippen LogP contribution in [0.3, 0.4) is 0 Å².